The predicted octanol–water partition coefficient (Wildman–Crippen LogP) is 2.64. The third kappa shape index (κ3) is 1.58. The van der Waals surface area contributed by atoms with Gasteiger partial charge in [0, 0.05) is 10.5 Å². The van der Waals surface area contributed by atoms with Crippen LogP contribution in [0.4, 0.5) is 14.5 Å². The number of rotatable bonds is 1. The first kappa shape index (κ1) is 9.05. The SMILES string of the molecule is O=[N+]([O-])c1cc(Br)cc(F)c1F. The summed E-state index contributed by atoms with van der Waals surface area (Å²) < 4.78 is 25.2. The van der Waals surface area contributed by atoms with Crippen LogP contribution in [0.2, 0.25) is 0 Å². The maximum absolute atomic E-state index is 12.6. The van der Waals surface area contributed by atoms with E-state index in [1.54, 1.807) is 0 Å². The number of nitro groups is 1. The van der Waals surface area contributed by atoms with Crippen LogP contribution in [-0.2, 0) is 0 Å². The van der Waals surface area contributed by atoms with Gasteiger partial charge in [0.05, 0.1) is 4.92 Å². The summed E-state index contributed by atoms with van der Waals surface area (Å²) in [5.41, 5.74) is -0.873. The van der Waals surface area contributed by atoms with Gasteiger partial charge in [0.15, 0.2) is 5.82 Å². The minimum atomic E-state index is -1.44. The molecule has 0 radical (unpaired) electrons. The minimum absolute atomic E-state index is 0.133. The Kier molecular flexibility index (Phi) is 2.37. The van der Waals surface area contributed by atoms with Crippen LogP contribution < -0.4 is 0 Å². The Labute approximate surface area is 74.3 Å². The Morgan fingerprint density at radius 2 is 2.00 bits per heavy atom. The summed E-state index contributed by atoms with van der Waals surface area (Å²) >= 11 is 2.80. The highest BCUT2D eigenvalue weighted by atomic mass is 79.9. The van der Waals surface area contributed by atoms with E-state index in [9.17, 15) is 18.9 Å². The van der Waals surface area contributed by atoms with Crippen molar-refractivity contribution >= 4 is 21.6 Å². The second-order valence-corrected chi connectivity index (χ2v) is 2.89. The van der Waals surface area contributed by atoms with Crippen LogP contribution in [0.15, 0.2) is 16.6 Å². The molecule has 0 aliphatic carbocycles. The lowest BCUT2D eigenvalue weighted by molar-refractivity contribution is -0.387. The molecule has 1 aromatic carbocycles. The first-order valence-electron chi connectivity index (χ1n) is 2.81. The second-order valence-electron chi connectivity index (χ2n) is 1.98. The zero-order chi connectivity index (χ0) is 9.30. The van der Waals surface area contributed by atoms with Gasteiger partial charge < -0.3 is 0 Å². The molecule has 3 nitrogen and oxygen atoms in total. The lowest BCUT2D eigenvalue weighted by Gasteiger charge is -1.95. The van der Waals surface area contributed by atoms with Crippen molar-refractivity contribution in [2.24, 2.45) is 0 Å². The average Bonchev–Trinajstić information content (AvgIpc) is 1.96. The Bertz CT molecular complexity index is 343. The number of nitrogens with zero attached hydrogens (tertiary/aromatic N) is 1. The zero-order valence-electron chi connectivity index (χ0n) is 5.55. The summed E-state index contributed by atoms with van der Waals surface area (Å²) in [6, 6.07) is 1.72. The molecule has 0 amide bonds. The summed E-state index contributed by atoms with van der Waals surface area (Å²) in [5, 5.41) is 10.1. The van der Waals surface area contributed by atoms with Crippen LogP contribution in [0.1, 0.15) is 0 Å². The molecule has 0 saturated carbocycles. The Balaban J connectivity index is 3.37. The van der Waals surface area contributed by atoms with Gasteiger partial charge in [0.25, 0.3) is 0 Å². The molecule has 0 unspecified atom stereocenters. The van der Waals surface area contributed by atoms with Crippen LogP contribution in [-0.4, -0.2) is 4.92 Å². The lowest BCUT2D eigenvalue weighted by atomic mass is 10.3. The van der Waals surface area contributed by atoms with Crippen LogP contribution in [0.3, 0.4) is 0 Å². The Morgan fingerprint density at radius 1 is 1.42 bits per heavy atom. The van der Waals surface area contributed by atoms with Gasteiger partial charge in [-0.3, -0.25) is 10.1 Å². The van der Waals surface area contributed by atoms with Crippen LogP contribution in [0.25, 0.3) is 0 Å². The van der Waals surface area contributed by atoms with Crippen molar-refractivity contribution in [3.05, 3.63) is 38.4 Å². The predicted molar refractivity (Wildman–Crippen MR) is 40.7 cm³/mol. The van der Waals surface area contributed by atoms with Gasteiger partial charge in [-0.05, 0) is 6.07 Å². The van der Waals surface area contributed by atoms with Crippen LogP contribution in [0, 0.1) is 21.7 Å². The van der Waals surface area contributed by atoms with Gasteiger partial charge in [-0.15, -0.1) is 0 Å². The lowest BCUT2D eigenvalue weighted by Crippen LogP contribution is -1.95. The Morgan fingerprint density at radius 3 is 2.50 bits per heavy atom. The van der Waals surface area contributed by atoms with Gasteiger partial charge in [0.1, 0.15) is 0 Å². The first-order chi connectivity index (χ1) is 5.52. The van der Waals surface area contributed by atoms with E-state index in [0.29, 0.717) is 0 Å². The number of halogens is 3. The van der Waals surface area contributed by atoms with Crippen LogP contribution >= 0.6 is 15.9 Å². The largest absolute Gasteiger partial charge is 0.308 e. The molecule has 6 heteroatoms. The summed E-state index contributed by atoms with van der Waals surface area (Å²) in [6.45, 7) is 0. The van der Waals surface area contributed by atoms with Crippen molar-refractivity contribution in [2.45, 2.75) is 0 Å². The van der Waals surface area contributed by atoms with E-state index in [1.807, 2.05) is 0 Å². The van der Waals surface area contributed by atoms with Crippen molar-refractivity contribution in [1.82, 2.24) is 0 Å². The number of hydrogen-bond donors (Lipinski definition) is 0. The molecule has 0 atom stereocenters. The molecule has 0 aromatic heterocycles. The van der Waals surface area contributed by atoms with Crippen molar-refractivity contribution in [2.75, 3.05) is 0 Å². The molecule has 0 fully saturated rings. The quantitative estimate of drug-likeness (QED) is 0.428. The van der Waals surface area contributed by atoms with E-state index in [0.717, 1.165) is 12.1 Å². The highest BCUT2D eigenvalue weighted by Crippen LogP contribution is 2.24. The molecule has 1 rings (SSSR count). The van der Waals surface area contributed by atoms with Crippen molar-refractivity contribution in [3.63, 3.8) is 0 Å². The summed E-state index contributed by atoms with van der Waals surface area (Å²) in [4.78, 5) is 9.12. The molecule has 1 aromatic rings. The smallest absolute Gasteiger partial charge is 0.258 e. The maximum Gasteiger partial charge on any atom is 0.308 e. The number of hydrogen-bond acceptors (Lipinski definition) is 2. The maximum atomic E-state index is 12.6. The standard InChI is InChI=1S/C6H2BrF2NO2/c7-3-1-4(8)6(9)5(2-3)10(11)12/h1-2H. The van der Waals surface area contributed by atoms with Crippen molar-refractivity contribution in [1.29, 1.82) is 0 Å². The van der Waals surface area contributed by atoms with Gasteiger partial charge in [-0.1, -0.05) is 15.9 Å². The summed E-state index contributed by atoms with van der Waals surface area (Å²) in [5.74, 6) is -2.68. The molecule has 0 heterocycles. The van der Waals surface area contributed by atoms with Crippen molar-refractivity contribution < 1.29 is 13.7 Å². The van der Waals surface area contributed by atoms with Gasteiger partial charge in [-0.25, -0.2) is 4.39 Å². The Hall–Kier alpha value is -1.04. The summed E-state index contributed by atoms with van der Waals surface area (Å²) in [6.07, 6.45) is 0. The third-order valence-corrected chi connectivity index (χ3v) is 1.63. The first-order valence-corrected chi connectivity index (χ1v) is 3.60. The van der Waals surface area contributed by atoms with Gasteiger partial charge in [0.2, 0.25) is 5.82 Å². The minimum Gasteiger partial charge on any atom is -0.258 e. The zero-order valence-corrected chi connectivity index (χ0v) is 7.14. The summed E-state index contributed by atoms with van der Waals surface area (Å²) in [7, 11) is 0. The highest BCUT2D eigenvalue weighted by Gasteiger charge is 2.18. The molecule has 12 heavy (non-hydrogen) atoms. The molecule has 0 aliphatic heterocycles. The van der Waals surface area contributed by atoms with E-state index >= 15 is 0 Å². The molecule has 0 spiro atoms. The van der Waals surface area contributed by atoms with E-state index in [4.69, 9.17) is 0 Å². The molecular weight excluding hydrogens is 236 g/mol. The fourth-order valence-corrected chi connectivity index (χ4v) is 1.09. The fourth-order valence-electron chi connectivity index (χ4n) is 0.675. The van der Waals surface area contributed by atoms with Gasteiger partial charge >= 0.3 is 5.69 Å². The molecular formula is C6H2BrF2NO2. The van der Waals surface area contributed by atoms with E-state index in [1.165, 1.54) is 0 Å². The average molecular weight is 238 g/mol. The molecule has 0 saturated heterocycles. The number of benzene rings is 1. The van der Waals surface area contributed by atoms with Gasteiger partial charge in [-0.2, -0.15) is 4.39 Å². The second kappa shape index (κ2) is 3.14. The fraction of sp³-hybridized carbons (Fsp3) is 0. The van der Waals surface area contributed by atoms with Crippen LogP contribution in [0.5, 0.6) is 0 Å². The normalized spacial score (nSPS) is 9.92. The van der Waals surface area contributed by atoms with Crippen molar-refractivity contribution in [3.8, 4) is 0 Å². The third-order valence-electron chi connectivity index (χ3n) is 1.17. The van der Waals surface area contributed by atoms with E-state index < -0.39 is 22.2 Å². The number of nitro benzene ring substituents is 1. The van der Waals surface area contributed by atoms with E-state index in [2.05, 4.69) is 15.9 Å². The molecule has 0 aliphatic rings. The monoisotopic (exact) mass is 237 g/mol. The topological polar surface area (TPSA) is 43.1 Å². The molecule has 0 N–H and O–H groups in total. The highest BCUT2D eigenvalue weighted by molar-refractivity contribution is 9.10. The molecule has 64 valence electrons. The molecule has 0 bridgehead atoms. The van der Waals surface area contributed by atoms with E-state index in [-0.39, 0.29) is 4.47 Å².